The van der Waals surface area contributed by atoms with Crippen molar-refractivity contribution in [3.63, 3.8) is 0 Å². The first-order valence-corrected chi connectivity index (χ1v) is 9.22. The molecule has 1 aromatic heterocycles. The number of nitrogens with one attached hydrogen (secondary N) is 1. The first-order valence-electron chi connectivity index (χ1n) is 9.22. The Bertz CT molecular complexity index is 900. The highest BCUT2D eigenvalue weighted by Gasteiger charge is 2.14. The second-order valence-corrected chi connectivity index (χ2v) is 6.66. The minimum Gasteiger partial charge on any atom is -0.497 e. The van der Waals surface area contributed by atoms with Crippen LogP contribution in [0.15, 0.2) is 60.9 Å². The van der Waals surface area contributed by atoms with E-state index in [0.29, 0.717) is 17.6 Å². The molecule has 0 atom stereocenters. The second kappa shape index (κ2) is 9.08. The van der Waals surface area contributed by atoms with E-state index in [1.165, 1.54) is 5.56 Å². The average molecular weight is 378 g/mol. The molecule has 0 unspecified atom stereocenters. The van der Waals surface area contributed by atoms with Crippen LogP contribution < -0.4 is 19.7 Å². The number of nitrogens with zero attached hydrogens (tertiary/aromatic N) is 3. The SMILES string of the molecule is COc1ccc(Nc2cc(N(Cc3ccccc3)C(C)C)ncn2)c(OC)c1. The Morgan fingerprint density at radius 1 is 0.964 bits per heavy atom. The van der Waals surface area contributed by atoms with E-state index in [0.717, 1.165) is 23.8 Å². The minimum atomic E-state index is 0.290. The van der Waals surface area contributed by atoms with Gasteiger partial charge in [-0.05, 0) is 31.5 Å². The largest absolute Gasteiger partial charge is 0.497 e. The lowest BCUT2D eigenvalue weighted by Crippen LogP contribution is -2.31. The number of rotatable bonds is 8. The van der Waals surface area contributed by atoms with Crippen LogP contribution in [0.5, 0.6) is 11.5 Å². The summed E-state index contributed by atoms with van der Waals surface area (Å²) in [4.78, 5) is 11.1. The van der Waals surface area contributed by atoms with Crippen molar-refractivity contribution in [2.45, 2.75) is 26.4 Å². The molecule has 0 saturated carbocycles. The monoisotopic (exact) mass is 378 g/mol. The summed E-state index contributed by atoms with van der Waals surface area (Å²) in [5, 5.41) is 3.31. The van der Waals surface area contributed by atoms with Gasteiger partial charge in [-0.3, -0.25) is 0 Å². The van der Waals surface area contributed by atoms with Crippen LogP contribution in [0.3, 0.4) is 0 Å². The van der Waals surface area contributed by atoms with Crippen LogP contribution in [-0.4, -0.2) is 30.2 Å². The van der Waals surface area contributed by atoms with Crippen LogP contribution in [0.25, 0.3) is 0 Å². The molecule has 1 N–H and O–H groups in total. The maximum atomic E-state index is 5.46. The maximum Gasteiger partial charge on any atom is 0.146 e. The van der Waals surface area contributed by atoms with E-state index in [2.05, 4.69) is 58.3 Å². The van der Waals surface area contributed by atoms with Gasteiger partial charge in [-0.1, -0.05) is 30.3 Å². The van der Waals surface area contributed by atoms with Crippen LogP contribution in [0.1, 0.15) is 19.4 Å². The van der Waals surface area contributed by atoms with Crippen LogP contribution in [0.2, 0.25) is 0 Å². The summed E-state index contributed by atoms with van der Waals surface area (Å²) in [6.45, 7) is 5.09. The lowest BCUT2D eigenvalue weighted by atomic mass is 10.2. The highest BCUT2D eigenvalue weighted by molar-refractivity contribution is 5.67. The van der Waals surface area contributed by atoms with Crippen LogP contribution >= 0.6 is 0 Å². The molecule has 0 aliphatic heterocycles. The van der Waals surface area contributed by atoms with Gasteiger partial charge in [0.15, 0.2) is 0 Å². The maximum absolute atomic E-state index is 5.46. The van der Waals surface area contributed by atoms with Gasteiger partial charge in [-0.25, -0.2) is 9.97 Å². The highest BCUT2D eigenvalue weighted by atomic mass is 16.5. The quantitative estimate of drug-likeness (QED) is 0.616. The van der Waals surface area contributed by atoms with E-state index in [1.54, 1.807) is 20.5 Å². The molecule has 0 aliphatic carbocycles. The molecule has 28 heavy (non-hydrogen) atoms. The highest BCUT2D eigenvalue weighted by Crippen LogP contribution is 2.31. The molecular weight excluding hydrogens is 352 g/mol. The summed E-state index contributed by atoms with van der Waals surface area (Å²) in [5.74, 6) is 2.99. The van der Waals surface area contributed by atoms with Crippen molar-refractivity contribution in [3.8, 4) is 11.5 Å². The topological polar surface area (TPSA) is 59.5 Å². The Kier molecular flexibility index (Phi) is 6.32. The Hall–Kier alpha value is -3.28. The van der Waals surface area contributed by atoms with Crippen molar-refractivity contribution in [1.82, 2.24) is 9.97 Å². The van der Waals surface area contributed by atoms with Gasteiger partial charge >= 0.3 is 0 Å². The fourth-order valence-electron chi connectivity index (χ4n) is 2.92. The number of benzene rings is 2. The number of hydrogen-bond donors (Lipinski definition) is 1. The van der Waals surface area contributed by atoms with Gasteiger partial charge in [0.05, 0.1) is 19.9 Å². The van der Waals surface area contributed by atoms with Crippen molar-refractivity contribution in [2.24, 2.45) is 0 Å². The molecule has 0 radical (unpaired) electrons. The summed E-state index contributed by atoms with van der Waals surface area (Å²) in [7, 11) is 3.26. The van der Waals surface area contributed by atoms with E-state index in [-0.39, 0.29) is 0 Å². The van der Waals surface area contributed by atoms with Crippen LogP contribution in [0.4, 0.5) is 17.3 Å². The third-order valence-corrected chi connectivity index (χ3v) is 4.44. The third-order valence-electron chi connectivity index (χ3n) is 4.44. The molecule has 0 aliphatic rings. The van der Waals surface area contributed by atoms with Gasteiger partial charge in [0, 0.05) is 24.7 Å². The number of hydrogen-bond acceptors (Lipinski definition) is 6. The molecular formula is C22H26N4O2. The average Bonchev–Trinajstić information content (AvgIpc) is 2.73. The smallest absolute Gasteiger partial charge is 0.146 e. The van der Waals surface area contributed by atoms with Gasteiger partial charge in [0.1, 0.15) is 29.5 Å². The van der Waals surface area contributed by atoms with Crippen molar-refractivity contribution >= 4 is 17.3 Å². The molecule has 2 aromatic carbocycles. The van der Waals surface area contributed by atoms with Crippen LogP contribution in [0, 0.1) is 0 Å². The fourth-order valence-corrected chi connectivity index (χ4v) is 2.92. The molecule has 3 aromatic rings. The summed E-state index contributed by atoms with van der Waals surface area (Å²) in [5.41, 5.74) is 2.05. The molecule has 0 amide bonds. The molecule has 6 nitrogen and oxygen atoms in total. The summed E-state index contributed by atoms with van der Waals surface area (Å²) in [6.07, 6.45) is 1.58. The van der Waals surface area contributed by atoms with Gasteiger partial charge in [0.25, 0.3) is 0 Å². The van der Waals surface area contributed by atoms with Crippen molar-refractivity contribution in [2.75, 3.05) is 24.4 Å². The fraction of sp³-hybridized carbons (Fsp3) is 0.273. The Morgan fingerprint density at radius 3 is 2.43 bits per heavy atom. The molecule has 6 heteroatoms. The number of anilines is 3. The lowest BCUT2D eigenvalue weighted by molar-refractivity contribution is 0.395. The molecule has 0 spiro atoms. The van der Waals surface area contributed by atoms with Crippen molar-refractivity contribution in [3.05, 3.63) is 66.5 Å². The zero-order valence-electron chi connectivity index (χ0n) is 16.7. The standard InChI is InChI=1S/C22H26N4O2/c1-16(2)26(14-17-8-6-5-7-9-17)22-13-21(23-15-24-22)25-19-11-10-18(27-3)12-20(19)28-4/h5-13,15-16H,14H2,1-4H3,(H,23,24,25). The first-order chi connectivity index (χ1) is 13.6. The van der Waals surface area contributed by atoms with E-state index < -0.39 is 0 Å². The molecule has 0 bridgehead atoms. The Balaban J connectivity index is 1.84. The van der Waals surface area contributed by atoms with Crippen molar-refractivity contribution < 1.29 is 9.47 Å². The predicted molar refractivity (Wildman–Crippen MR) is 113 cm³/mol. The normalized spacial score (nSPS) is 10.6. The van der Waals surface area contributed by atoms with Gasteiger partial charge < -0.3 is 19.7 Å². The summed E-state index contributed by atoms with van der Waals surface area (Å²) >= 11 is 0. The molecule has 0 saturated heterocycles. The van der Waals surface area contributed by atoms with E-state index >= 15 is 0 Å². The van der Waals surface area contributed by atoms with E-state index in [4.69, 9.17) is 9.47 Å². The second-order valence-electron chi connectivity index (χ2n) is 6.66. The third kappa shape index (κ3) is 4.71. The Labute approximate surface area is 166 Å². The number of aromatic nitrogens is 2. The molecule has 1 heterocycles. The van der Waals surface area contributed by atoms with E-state index in [1.807, 2.05) is 30.3 Å². The van der Waals surface area contributed by atoms with Gasteiger partial charge in [0.2, 0.25) is 0 Å². The summed E-state index contributed by atoms with van der Waals surface area (Å²) in [6, 6.07) is 18.2. The molecule has 0 fully saturated rings. The van der Waals surface area contributed by atoms with Crippen molar-refractivity contribution in [1.29, 1.82) is 0 Å². The number of ether oxygens (including phenoxy) is 2. The lowest BCUT2D eigenvalue weighted by Gasteiger charge is -2.28. The Morgan fingerprint density at radius 2 is 1.75 bits per heavy atom. The zero-order valence-corrected chi connectivity index (χ0v) is 16.7. The van der Waals surface area contributed by atoms with Gasteiger partial charge in [-0.15, -0.1) is 0 Å². The zero-order chi connectivity index (χ0) is 19.9. The molecule has 146 valence electrons. The van der Waals surface area contributed by atoms with Crippen LogP contribution in [-0.2, 0) is 6.54 Å². The van der Waals surface area contributed by atoms with E-state index in [9.17, 15) is 0 Å². The van der Waals surface area contributed by atoms with Gasteiger partial charge in [-0.2, -0.15) is 0 Å². The molecule has 3 rings (SSSR count). The minimum absolute atomic E-state index is 0.290. The first kappa shape index (κ1) is 19.5. The predicted octanol–water partition coefficient (Wildman–Crippen LogP) is 4.65. The summed E-state index contributed by atoms with van der Waals surface area (Å²) < 4.78 is 10.7. The number of methoxy groups -OCH3 is 2.